The van der Waals surface area contributed by atoms with Crippen LogP contribution in [0.3, 0.4) is 0 Å². The van der Waals surface area contributed by atoms with Crippen LogP contribution in [-0.2, 0) is 13.7 Å². The molecular formula is C9H9ClN4O2. The number of rotatable bonds is 3. The molecule has 16 heavy (non-hydrogen) atoms. The van der Waals surface area contributed by atoms with Gasteiger partial charge in [0.05, 0.1) is 17.3 Å². The monoisotopic (exact) mass is 240 g/mol. The van der Waals surface area contributed by atoms with Crippen molar-refractivity contribution in [3.8, 4) is 11.9 Å². The predicted molar refractivity (Wildman–Crippen MR) is 56.2 cm³/mol. The Hall–Kier alpha value is -1.66. The Morgan fingerprint density at radius 2 is 2.31 bits per heavy atom. The minimum Gasteiger partial charge on any atom is -0.404 e. The first kappa shape index (κ1) is 10.8. The molecule has 0 bridgehead atoms. The number of halogens is 1. The minimum absolute atomic E-state index is 0.196. The molecule has 0 aromatic carbocycles. The summed E-state index contributed by atoms with van der Waals surface area (Å²) in [5.41, 5.74) is 0.357. The fourth-order valence-corrected chi connectivity index (χ4v) is 1.26. The van der Waals surface area contributed by atoms with Gasteiger partial charge in [-0.2, -0.15) is 4.98 Å². The van der Waals surface area contributed by atoms with Crippen LogP contribution in [-0.4, -0.2) is 24.9 Å². The van der Waals surface area contributed by atoms with E-state index in [4.69, 9.17) is 21.4 Å². The van der Waals surface area contributed by atoms with Gasteiger partial charge in [0.1, 0.15) is 6.33 Å². The van der Waals surface area contributed by atoms with Crippen molar-refractivity contribution >= 4 is 11.6 Å². The maximum absolute atomic E-state index is 8.98. The van der Waals surface area contributed by atoms with Crippen molar-refractivity contribution in [1.29, 1.82) is 0 Å². The van der Waals surface area contributed by atoms with Crippen LogP contribution in [0.5, 0.6) is 11.9 Å². The molecule has 84 valence electrons. The lowest BCUT2D eigenvalue weighted by atomic mass is 10.3. The first-order valence-corrected chi connectivity index (χ1v) is 4.86. The molecular weight excluding hydrogens is 232 g/mol. The highest BCUT2D eigenvalue weighted by atomic mass is 35.5. The van der Waals surface area contributed by atoms with E-state index in [2.05, 4.69) is 15.1 Å². The molecule has 2 rings (SSSR count). The highest BCUT2D eigenvalue weighted by molar-refractivity contribution is 6.31. The first-order chi connectivity index (χ1) is 7.69. The number of aliphatic hydroxyl groups is 1. The molecule has 0 spiro atoms. The number of nitrogens with zero attached hydrogens (tertiary/aromatic N) is 4. The van der Waals surface area contributed by atoms with Gasteiger partial charge in [-0.1, -0.05) is 11.6 Å². The maximum atomic E-state index is 8.98. The molecule has 0 saturated carbocycles. The van der Waals surface area contributed by atoms with Crippen LogP contribution in [0.1, 0.15) is 5.69 Å². The Bertz CT molecular complexity index is 500. The quantitative estimate of drug-likeness (QED) is 0.871. The molecule has 0 saturated heterocycles. The second-order valence-electron chi connectivity index (χ2n) is 3.04. The van der Waals surface area contributed by atoms with Gasteiger partial charge in [0.2, 0.25) is 5.88 Å². The van der Waals surface area contributed by atoms with E-state index in [9.17, 15) is 0 Å². The zero-order valence-electron chi connectivity index (χ0n) is 8.46. The van der Waals surface area contributed by atoms with Gasteiger partial charge in [0.25, 0.3) is 0 Å². The van der Waals surface area contributed by atoms with Crippen LogP contribution in [0.15, 0.2) is 18.5 Å². The molecule has 0 amide bonds. The van der Waals surface area contributed by atoms with Crippen LogP contribution in [0.4, 0.5) is 0 Å². The van der Waals surface area contributed by atoms with Crippen LogP contribution >= 0.6 is 11.6 Å². The van der Waals surface area contributed by atoms with Crippen molar-refractivity contribution in [3.05, 3.63) is 29.2 Å². The molecule has 2 heterocycles. The van der Waals surface area contributed by atoms with E-state index in [1.165, 1.54) is 11.0 Å². The summed E-state index contributed by atoms with van der Waals surface area (Å²) in [5.74, 6) is 0.291. The van der Waals surface area contributed by atoms with E-state index >= 15 is 0 Å². The third-order valence-corrected chi connectivity index (χ3v) is 2.16. The Morgan fingerprint density at radius 1 is 1.50 bits per heavy atom. The normalized spacial score (nSPS) is 10.4. The van der Waals surface area contributed by atoms with Crippen LogP contribution in [0.2, 0.25) is 5.02 Å². The van der Waals surface area contributed by atoms with Crippen molar-refractivity contribution in [1.82, 2.24) is 19.7 Å². The number of aromatic nitrogens is 4. The van der Waals surface area contributed by atoms with Crippen molar-refractivity contribution in [2.45, 2.75) is 6.61 Å². The summed E-state index contributed by atoms with van der Waals surface area (Å²) >= 11 is 5.79. The van der Waals surface area contributed by atoms with Crippen LogP contribution < -0.4 is 4.74 Å². The Balaban J connectivity index is 2.21. The fourth-order valence-electron chi connectivity index (χ4n) is 1.09. The number of aryl methyl sites for hydroxylation is 1. The third-order valence-electron chi connectivity index (χ3n) is 1.82. The second-order valence-corrected chi connectivity index (χ2v) is 3.45. The molecule has 6 nitrogen and oxygen atoms in total. The van der Waals surface area contributed by atoms with E-state index in [-0.39, 0.29) is 12.6 Å². The highest BCUT2D eigenvalue weighted by Crippen LogP contribution is 2.20. The zero-order valence-corrected chi connectivity index (χ0v) is 9.22. The number of pyridine rings is 1. The Labute approximate surface area is 96.5 Å². The average molecular weight is 241 g/mol. The smallest absolute Gasteiger partial charge is 0.342 e. The predicted octanol–water partition coefficient (Wildman–Crippen LogP) is 1.15. The maximum Gasteiger partial charge on any atom is 0.342 e. The summed E-state index contributed by atoms with van der Waals surface area (Å²) in [6.45, 7) is -0.244. The van der Waals surface area contributed by atoms with E-state index < -0.39 is 0 Å². The molecule has 2 aromatic heterocycles. The van der Waals surface area contributed by atoms with Crippen molar-refractivity contribution in [2.75, 3.05) is 0 Å². The summed E-state index contributed by atoms with van der Waals surface area (Å²) in [5, 5.41) is 13.3. The summed E-state index contributed by atoms with van der Waals surface area (Å²) in [7, 11) is 1.73. The van der Waals surface area contributed by atoms with Gasteiger partial charge in [-0.15, -0.1) is 5.10 Å². The van der Waals surface area contributed by atoms with Crippen molar-refractivity contribution in [2.24, 2.45) is 7.05 Å². The highest BCUT2D eigenvalue weighted by Gasteiger charge is 2.06. The lowest BCUT2D eigenvalue weighted by Crippen LogP contribution is -1.96. The molecule has 7 heteroatoms. The van der Waals surface area contributed by atoms with E-state index in [0.717, 1.165) is 0 Å². The van der Waals surface area contributed by atoms with Crippen molar-refractivity contribution in [3.63, 3.8) is 0 Å². The number of hydrogen-bond donors (Lipinski definition) is 1. The lowest BCUT2D eigenvalue weighted by Gasteiger charge is -2.03. The number of ether oxygens (including phenoxy) is 1. The summed E-state index contributed by atoms with van der Waals surface area (Å²) in [6, 6.07) is 3.37. The third kappa shape index (κ3) is 2.29. The molecule has 1 N–H and O–H groups in total. The van der Waals surface area contributed by atoms with Gasteiger partial charge in [-0.25, -0.2) is 4.98 Å². The number of aliphatic hydroxyl groups excluding tert-OH is 1. The zero-order chi connectivity index (χ0) is 11.5. The minimum atomic E-state index is -0.244. The van der Waals surface area contributed by atoms with E-state index in [1.807, 2.05) is 0 Å². The van der Waals surface area contributed by atoms with Gasteiger partial charge in [0, 0.05) is 13.1 Å². The SMILES string of the molecule is Cn1cnc(Oc2ccc(Cl)c(CO)n2)n1. The summed E-state index contributed by atoms with van der Waals surface area (Å²) in [6.07, 6.45) is 1.51. The fraction of sp³-hybridized carbons (Fsp3) is 0.222. The Morgan fingerprint density at radius 3 is 2.94 bits per heavy atom. The number of hydrogen-bond acceptors (Lipinski definition) is 5. The van der Waals surface area contributed by atoms with Gasteiger partial charge in [-0.3, -0.25) is 4.68 Å². The topological polar surface area (TPSA) is 73.1 Å². The first-order valence-electron chi connectivity index (χ1n) is 4.49. The van der Waals surface area contributed by atoms with Gasteiger partial charge in [-0.05, 0) is 6.07 Å². The van der Waals surface area contributed by atoms with Crippen LogP contribution in [0.25, 0.3) is 0 Å². The van der Waals surface area contributed by atoms with Crippen molar-refractivity contribution < 1.29 is 9.84 Å². The van der Waals surface area contributed by atoms with Crippen LogP contribution in [0, 0.1) is 0 Å². The molecule has 0 unspecified atom stereocenters. The lowest BCUT2D eigenvalue weighted by molar-refractivity contribution is 0.275. The summed E-state index contributed by atoms with van der Waals surface area (Å²) in [4.78, 5) is 7.89. The second kappa shape index (κ2) is 4.46. The largest absolute Gasteiger partial charge is 0.404 e. The van der Waals surface area contributed by atoms with E-state index in [0.29, 0.717) is 16.6 Å². The average Bonchev–Trinajstić information content (AvgIpc) is 2.67. The molecule has 0 aliphatic heterocycles. The summed E-state index contributed by atoms with van der Waals surface area (Å²) < 4.78 is 6.78. The van der Waals surface area contributed by atoms with E-state index in [1.54, 1.807) is 19.2 Å². The standard InChI is InChI=1S/C9H9ClN4O2/c1-14-5-11-9(13-14)16-8-3-2-6(10)7(4-15)12-8/h2-3,5,15H,4H2,1H3. The molecule has 0 radical (unpaired) electrons. The molecule has 0 aliphatic carbocycles. The molecule has 0 atom stereocenters. The molecule has 0 fully saturated rings. The van der Waals surface area contributed by atoms with Gasteiger partial charge in [0.15, 0.2) is 0 Å². The molecule has 2 aromatic rings. The van der Waals surface area contributed by atoms with Gasteiger partial charge >= 0.3 is 6.01 Å². The molecule has 0 aliphatic rings. The Kier molecular flexibility index (Phi) is 3.02. The van der Waals surface area contributed by atoms with Gasteiger partial charge < -0.3 is 9.84 Å².